The molecule has 1 unspecified atom stereocenters. The molecule has 3 heteroatoms. The molecule has 3 aromatic rings. The molecule has 0 saturated heterocycles. The number of phenolic OH excluding ortho intramolecular Hbond substituents is 1. The van der Waals surface area contributed by atoms with Gasteiger partial charge in [0.05, 0.1) is 0 Å². The molecule has 0 spiro atoms. The van der Waals surface area contributed by atoms with Gasteiger partial charge in [0.25, 0.3) is 0 Å². The lowest BCUT2D eigenvalue weighted by atomic mass is 9.89. The number of benzene rings is 3. The normalized spacial score (nSPS) is 12.5. The van der Waals surface area contributed by atoms with E-state index in [1.807, 2.05) is 6.07 Å². The van der Waals surface area contributed by atoms with Crippen LogP contribution in [0.4, 0.5) is 0 Å². The zero-order valence-corrected chi connectivity index (χ0v) is 21.2. The number of aromatic hydroxyl groups is 1. The second-order valence-corrected chi connectivity index (χ2v) is 11.4. The third kappa shape index (κ3) is 6.00. The standard InChI is InChI=1S/C29H38NOP/c1-6-29(7-2,32-26-19-12-11-16-24(26)21-30-28(3,4)5)25-18-13-17-23(27(25)31)20-22-14-9-8-10-15-22/h8-19,30-32H,6-7,20-21H2,1-5H3. The van der Waals surface area contributed by atoms with Gasteiger partial charge in [-0.2, -0.15) is 0 Å². The maximum atomic E-state index is 11.4. The van der Waals surface area contributed by atoms with Crippen molar-refractivity contribution in [1.29, 1.82) is 0 Å². The van der Waals surface area contributed by atoms with Gasteiger partial charge in [-0.25, -0.2) is 0 Å². The third-order valence-electron chi connectivity index (χ3n) is 6.28. The molecule has 0 aromatic heterocycles. The van der Waals surface area contributed by atoms with E-state index in [0.717, 1.165) is 36.9 Å². The molecular weight excluding hydrogens is 409 g/mol. The molecule has 2 N–H and O–H groups in total. The topological polar surface area (TPSA) is 32.3 Å². The number of phenols is 1. The fourth-order valence-corrected chi connectivity index (χ4v) is 5.94. The highest BCUT2D eigenvalue weighted by atomic mass is 31.1. The van der Waals surface area contributed by atoms with E-state index in [9.17, 15) is 5.11 Å². The fourth-order valence-electron chi connectivity index (χ4n) is 4.23. The summed E-state index contributed by atoms with van der Waals surface area (Å²) in [6.07, 6.45) is 2.73. The molecule has 0 radical (unpaired) electrons. The first-order valence-electron chi connectivity index (χ1n) is 11.7. The molecule has 3 aromatic carbocycles. The molecule has 0 saturated carbocycles. The Bertz CT molecular complexity index is 1000. The summed E-state index contributed by atoms with van der Waals surface area (Å²) in [4.78, 5) is 0. The van der Waals surface area contributed by atoms with Crippen molar-refractivity contribution in [3.05, 3.63) is 95.1 Å². The fraction of sp³-hybridized carbons (Fsp3) is 0.379. The first-order valence-corrected chi connectivity index (χ1v) is 12.7. The predicted octanol–water partition coefficient (Wildman–Crippen LogP) is 6.89. The minimum absolute atomic E-state index is 0.0748. The molecule has 0 aliphatic carbocycles. The summed E-state index contributed by atoms with van der Waals surface area (Å²) >= 11 is 0. The third-order valence-corrected chi connectivity index (χ3v) is 8.49. The van der Waals surface area contributed by atoms with E-state index in [4.69, 9.17) is 0 Å². The van der Waals surface area contributed by atoms with Crippen LogP contribution in [0.5, 0.6) is 5.75 Å². The number of hydrogen-bond donors (Lipinski definition) is 2. The maximum Gasteiger partial charge on any atom is 0.123 e. The molecule has 0 fully saturated rings. The summed E-state index contributed by atoms with van der Waals surface area (Å²) in [5, 5.41) is 16.4. The molecule has 0 aliphatic rings. The molecule has 170 valence electrons. The van der Waals surface area contributed by atoms with Crippen LogP contribution in [0, 0.1) is 0 Å². The molecular formula is C29H38NOP. The van der Waals surface area contributed by atoms with Crippen molar-refractivity contribution >= 4 is 13.9 Å². The van der Waals surface area contributed by atoms with Crippen molar-refractivity contribution < 1.29 is 5.11 Å². The summed E-state index contributed by atoms with van der Waals surface area (Å²) < 4.78 is 0. The van der Waals surface area contributed by atoms with Gasteiger partial charge in [-0.3, -0.25) is 0 Å². The molecule has 0 aliphatic heterocycles. The van der Waals surface area contributed by atoms with Gasteiger partial charge in [0.2, 0.25) is 0 Å². The zero-order chi connectivity index (χ0) is 23.2. The summed E-state index contributed by atoms with van der Waals surface area (Å²) in [5.41, 5.74) is 4.75. The van der Waals surface area contributed by atoms with E-state index in [1.165, 1.54) is 16.4 Å². The molecule has 0 bridgehead atoms. The average Bonchev–Trinajstić information content (AvgIpc) is 2.78. The quantitative estimate of drug-likeness (QED) is 0.350. The van der Waals surface area contributed by atoms with E-state index >= 15 is 0 Å². The van der Waals surface area contributed by atoms with Gasteiger partial charge < -0.3 is 10.4 Å². The SMILES string of the molecule is CCC(CC)(Pc1ccccc1CNC(C)(C)C)c1cccc(Cc2ccccc2)c1O. The van der Waals surface area contributed by atoms with Crippen molar-refractivity contribution in [2.24, 2.45) is 0 Å². The van der Waals surface area contributed by atoms with Gasteiger partial charge in [-0.05, 0) is 55.6 Å². The second kappa shape index (κ2) is 10.6. The van der Waals surface area contributed by atoms with Crippen LogP contribution >= 0.6 is 8.58 Å². The van der Waals surface area contributed by atoms with E-state index in [0.29, 0.717) is 14.3 Å². The first kappa shape index (κ1) is 24.5. The molecule has 0 heterocycles. The minimum atomic E-state index is -0.0748. The lowest BCUT2D eigenvalue weighted by Crippen LogP contribution is -2.36. The Hall–Kier alpha value is -2.15. The van der Waals surface area contributed by atoms with Crippen molar-refractivity contribution in [2.45, 2.75) is 71.1 Å². The lowest BCUT2D eigenvalue weighted by molar-refractivity contribution is 0.425. The van der Waals surface area contributed by atoms with Crippen LogP contribution in [0.25, 0.3) is 0 Å². The van der Waals surface area contributed by atoms with Crippen LogP contribution in [-0.2, 0) is 18.1 Å². The summed E-state index contributed by atoms with van der Waals surface area (Å²) in [7, 11) is 0.596. The van der Waals surface area contributed by atoms with Gasteiger partial charge in [0, 0.05) is 29.2 Å². The Morgan fingerprint density at radius 1 is 0.781 bits per heavy atom. The number of rotatable bonds is 9. The van der Waals surface area contributed by atoms with E-state index in [2.05, 4.69) is 107 Å². The van der Waals surface area contributed by atoms with Crippen molar-refractivity contribution in [3.63, 3.8) is 0 Å². The lowest BCUT2D eigenvalue weighted by Gasteiger charge is -2.34. The van der Waals surface area contributed by atoms with Crippen LogP contribution in [0.3, 0.4) is 0 Å². The van der Waals surface area contributed by atoms with Crippen LogP contribution in [0.15, 0.2) is 72.8 Å². The highest BCUT2D eigenvalue weighted by Crippen LogP contribution is 2.50. The van der Waals surface area contributed by atoms with Crippen LogP contribution in [-0.4, -0.2) is 10.6 Å². The van der Waals surface area contributed by atoms with Gasteiger partial charge in [0.15, 0.2) is 0 Å². The Labute approximate surface area is 196 Å². The summed E-state index contributed by atoms with van der Waals surface area (Å²) in [6.45, 7) is 12.0. The van der Waals surface area contributed by atoms with Gasteiger partial charge >= 0.3 is 0 Å². The molecule has 32 heavy (non-hydrogen) atoms. The summed E-state index contributed by atoms with van der Waals surface area (Å²) in [5.74, 6) is 0.470. The highest BCUT2D eigenvalue weighted by molar-refractivity contribution is 7.48. The summed E-state index contributed by atoms with van der Waals surface area (Å²) in [6, 6.07) is 25.5. The van der Waals surface area contributed by atoms with Crippen LogP contribution < -0.4 is 10.6 Å². The number of para-hydroxylation sites is 1. The largest absolute Gasteiger partial charge is 0.507 e. The van der Waals surface area contributed by atoms with E-state index < -0.39 is 0 Å². The highest BCUT2D eigenvalue weighted by Gasteiger charge is 2.33. The second-order valence-electron chi connectivity index (χ2n) is 9.65. The van der Waals surface area contributed by atoms with Gasteiger partial charge in [0.1, 0.15) is 5.75 Å². The Morgan fingerprint density at radius 2 is 1.41 bits per heavy atom. The Kier molecular flexibility index (Phi) is 8.15. The van der Waals surface area contributed by atoms with Crippen molar-refractivity contribution in [2.75, 3.05) is 0 Å². The maximum absolute atomic E-state index is 11.4. The van der Waals surface area contributed by atoms with Crippen molar-refractivity contribution in [1.82, 2.24) is 5.32 Å². The van der Waals surface area contributed by atoms with Gasteiger partial charge in [-0.15, -0.1) is 0 Å². The van der Waals surface area contributed by atoms with Gasteiger partial charge in [-0.1, -0.05) is 95.2 Å². The monoisotopic (exact) mass is 447 g/mol. The van der Waals surface area contributed by atoms with E-state index in [-0.39, 0.29) is 10.7 Å². The average molecular weight is 448 g/mol. The van der Waals surface area contributed by atoms with Crippen LogP contribution in [0.1, 0.15) is 69.7 Å². The first-order chi connectivity index (χ1) is 15.3. The molecule has 1 atom stereocenters. The number of nitrogens with one attached hydrogen (secondary N) is 1. The molecule has 2 nitrogen and oxygen atoms in total. The Morgan fingerprint density at radius 3 is 2.06 bits per heavy atom. The number of hydrogen-bond acceptors (Lipinski definition) is 2. The van der Waals surface area contributed by atoms with Crippen LogP contribution in [0.2, 0.25) is 0 Å². The smallest absolute Gasteiger partial charge is 0.123 e. The molecule has 0 amide bonds. The molecule has 3 rings (SSSR count). The van der Waals surface area contributed by atoms with Crippen molar-refractivity contribution in [3.8, 4) is 5.75 Å². The zero-order valence-electron chi connectivity index (χ0n) is 20.2. The van der Waals surface area contributed by atoms with E-state index in [1.54, 1.807) is 0 Å². The Balaban J connectivity index is 1.95. The predicted molar refractivity (Wildman–Crippen MR) is 141 cm³/mol. The minimum Gasteiger partial charge on any atom is -0.507 e.